The minimum Gasteiger partial charge on any atom is -0.497 e. The van der Waals surface area contributed by atoms with Gasteiger partial charge in [0.05, 0.1) is 24.0 Å². The Bertz CT molecular complexity index is 796. The molecule has 0 fully saturated rings. The van der Waals surface area contributed by atoms with Crippen molar-refractivity contribution >= 4 is 20.0 Å². The quantitative estimate of drug-likeness (QED) is 0.838. The number of sulfonamides is 2. The zero-order valence-corrected chi connectivity index (χ0v) is 14.0. The van der Waals surface area contributed by atoms with Gasteiger partial charge in [-0.1, -0.05) is 0 Å². The van der Waals surface area contributed by atoms with Crippen molar-refractivity contribution in [3.8, 4) is 11.5 Å². The van der Waals surface area contributed by atoms with Crippen LogP contribution in [0.25, 0.3) is 0 Å². The van der Waals surface area contributed by atoms with Gasteiger partial charge in [-0.25, -0.2) is 16.8 Å². The van der Waals surface area contributed by atoms with E-state index in [1.165, 1.54) is 62.8 Å². The molecule has 0 saturated heterocycles. The highest BCUT2D eigenvalue weighted by atomic mass is 32.3. The van der Waals surface area contributed by atoms with E-state index in [0.717, 1.165) is 0 Å². The van der Waals surface area contributed by atoms with E-state index in [-0.39, 0.29) is 9.79 Å². The molecular formula is C14H15NO6S2. The summed E-state index contributed by atoms with van der Waals surface area (Å²) in [4.78, 5) is -0.370. The minimum atomic E-state index is -4.23. The fourth-order valence-electron chi connectivity index (χ4n) is 1.75. The van der Waals surface area contributed by atoms with Gasteiger partial charge in [-0.2, -0.15) is 0 Å². The fraction of sp³-hybridized carbons (Fsp3) is 0.143. The molecule has 0 aromatic heterocycles. The first-order valence-corrected chi connectivity index (χ1v) is 9.32. The van der Waals surface area contributed by atoms with Crippen molar-refractivity contribution in [2.75, 3.05) is 14.2 Å². The van der Waals surface area contributed by atoms with Gasteiger partial charge in [0.15, 0.2) is 0 Å². The second-order valence-corrected chi connectivity index (χ2v) is 8.06. The number of benzene rings is 2. The average Bonchev–Trinajstić information content (AvgIpc) is 2.54. The van der Waals surface area contributed by atoms with Crippen molar-refractivity contribution in [1.29, 1.82) is 0 Å². The molecule has 0 aliphatic carbocycles. The highest BCUT2D eigenvalue weighted by molar-refractivity contribution is 8.04. The lowest BCUT2D eigenvalue weighted by molar-refractivity contribution is 0.414. The molecule has 2 rings (SSSR count). The first-order chi connectivity index (χ1) is 10.8. The SMILES string of the molecule is COc1ccc(S(=O)(=O)NS(=O)(=O)c2ccc(OC)cc2)cc1. The van der Waals surface area contributed by atoms with Gasteiger partial charge in [-0.15, -0.1) is 4.13 Å². The molecule has 2 aromatic rings. The average molecular weight is 357 g/mol. The topological polar surface area (TPSA) is 98.8 Å². The van der Waals surface area contributed by atoms with Crippen LogP contribution in [0.15, 0.2) is 58.3 Å². The van der Waals surface area contributed by atoms with Crippen LogP contribution in [0.2, 0.25) is 0 Å². The first-order valence-electron chi connectivity index (χ1n) is 6.35. The number of rotatable bonds is 6. The molecule has 0 heterocycles. The Balaban J connectivity index is 2.29. The fourth-order valence-corrected chi connectivity index (χ4v) is 4.66. The monoisotopic (exact) mass is 357 g/mol. The largest absolute Gasteiger partial charge is 0.497 e. The molecule has 0 aliphatic heterocycles. The summed E-state index contributed by atoms with van der Waals surface area (Å²) in [6.07, 6.45) is 0. The van der Waals surface area contributed by atoms with Crippen LogP contribution in [0.1, 0.15) is 0 Å². The van der Waals surface area contributed by atoms with Crippen molar-refractivity contribution in [2.45, 2.75) is 9.79 Å². The van der Waals surface area contributed by atoms with E-state index in [0.29, 0.717) is 11.5 Å². The van der Waals surface area contributed by atoms with E-state index in [1.54, 1.807) is 4.13 Å². The maximum absolute atomic E-state index is 12.2. The van der Waals surface area contributed by atoms with Crippen molar-refractivity contribution in [3.63, 3.8) is 0 Å². The van der Waals surface area contributed by atoms with Gasteiger partial charge in [-0.05, 0) is 48.5 Å². The van der Waals surface area contributed by atoms with Crippen LogP contribution < -0.4 is 13.6 Å². The zero-order valence-electron chi connectivity index (χ0n) is 12.4. The molecule has 0 aliphatic rings. The number of ether oxygens (including phenoxy) is 2. The molecule has 23 heavy (non-hydrogen) atoms. The normalized spacial score (nSPS) is 11.9. The van der Waals surface area contributed by atoms with Crippen molar-refractivity contribution < 1.29 is 26.3 Å². The third kappa shape index (κ3) is 4.01. The van der Waals surface area contributed by atoms with Crippen molar-refractivity contribution in [3.05, 3.63) is 48.5 Å². The van der Waals surface area contributed by atoms with E-state index in [2.05, 4.69) is 0 Å². The predicted octanol–water partition coefficient (Wildman–Crippen LogP) is 1.37. The Labute approximate surface area is 135 Å². The van der Waals surface area contributed by atoms with Crippen LogP contribution in [-0.4, -0.2) is 31.1 Å². The third-order valence-electron chi connectivity index (χ3n) is 2.96. The second-order valence-electron chi connectivity index (χ2n) is 4.44. The first kappa shape index (κ1) is 17.3. The lowest BCUT2D eigenvalue weighted by atomic mass is 10.3. The molecule has 0 atom stereocenters. The molecule has 124 valence electrons. The summed E-state index contributed by atoms with van der Waals surface area (Å²) >= 11 is 0. The Morgan fingerprint density at radius 3 is 1.22 bits per heavy atom. The molecule has 0 saturated carbocycles. The van der Waals surface area contributed by atoms with Gasteiger partial charge in [0.2, 0.25) is 0 Å². The number of hydrogen-bond acceptors (Lipinski definition) is 6. The lowest BCUT2D eigenvalue weighted by Gasteiger charge is -2.09. The van der Waals surface area contributed by atoms with Crippen LogP contribution in [0.3, 0.4) is 0 Å². The summed E-state index contributed by atoms with van der Waals surface area (Å²) < 4.78 is 60.3. The lowest BCUT2D eigenvalue weighted by Crippen LogP contribution is -2.30. The van der Waals surface area contributed by atoms with Crippen LogP contribution in [0.5, 0.6) is 11.5 Å². The smallest absolute Gasteiger partial charge is 0.253 e. The van der Waals surface area contributed by atoms with Crippen LogP contribution in [-0.2, 0) is 20.0 Å². The number of methoxy groups -OCH3 is 2. The highest BCUT2D eigenvalue weighted by Crippen LogP contribution is 2.19. The molecule has 0 spiro atoms. The van der Waals surface area contributed by atoms with E-state index >= 15 is 0 Å². The summed E-state index contributed by atoms with van der Waals surface area (Å²) in [5.41, 5.74) is 0. The van der Waals surface area contributed by atoms with E-state index in [9.17, 15) is 16.8 Å². The second kappa shape index (κ2) is 6.57. The summed E-state index contributed by atoms with van der Waals surface area (Å²) in [6, 6.07) is 10.7. The zero-order chi connectivity index (χ0) is 17.1. The minimum absolute atomic E-state index is 0.185. The number of nitrogens with one attached hydrogen (secondary N) is 1. The molecule has 0 radical (unpaired) electrons. The van der Waals surface area contributed by atoms with Gasteiger partial charge in [-0.3, -0.25) is 0 Å². The Morgan fingerprint density at radius 2 is 0.957 bits per heavy atom. The molecule has 9 heteroatoms. The van der Waals surface area contributed by atoms with Crippen molar-refractivity contribution in [1.82, 2.24) is 4.13 Å². The van der Waals surface area contributed by atoms with Gasteiger partial charge >= 0.3 is 0 Å². The Hall–Kier alpha value is -2.10. The van der Waals surface area contributed by atoms with E-state index < -0.39 is 20.0 Å². The van der Waals surface area contributed by atoms with Crippen LogP contribution >= 0.6 is 0 Å². The Morgan fingerprint density at radius 1 is 0.652 bits per heavy atom. The molecular weight excluding hydrogens is 342 g/mol. The van der Waals surface area contributed by atoms with Gasteiger partial charge in [0.1, 0.15) is 11.5 Å². The predicted molar refractivity (Wildman–Crippen MR) is 83.5 cm³/mol. The summed E-state index contributed by atoms with van der Waals surface area (Å²) in [5, 5.41) is 0. The summed E-state index contributed by atoms with van der Waals surface area (Å²) in [7, 11) is -5.58. The number of hydrogen-bond donors (Lipinski definition) is 1. The molecule has 7 nitrogen and oxygen atoms in total. The molecule has 2 aromatic carbocycles. The van der Waals surface area contributed by atoms with E-state index in [4.69, 9.17) is 9.47 Å². The molecule has 1 N–H and O–H groups in total. The standard InChI is InChI=1S/C14H15NO6S2/c1-20-11-3-7-13(8-4-11)22(16,17)15-23(18,19)14-9-5-12(21-2)6-10-14/h3-10,15H,1-2H3. The van der Waals surface area contributed by atoms with Crippen molar-refractivity contribution in [2.24, 2.45) is 0 Å². The summed E-state index contributed by atoms with van der Waals surface area (Å²) in [6.45, 7) is 0. The molecule has 0 bridgehead atoms. The third-order valence-corrected chi connectivity index (χ3v) is 6.50. The van der Waals surface area contributed by atoms with Gasteiger partial charge in [0, 0.05) is 0 Å². The van der Waals surface area contributed by atoms with Crippen LogP contribution in [0.4, 0.5) is 0 Å². The Kier molecular flexibility index (Phi) is 4.93. The maximum atomic E-state index is 12.2. The van der Waals surface area contributed by atoms with E-state index in [1.807, 2.05) is 0 Å². The maximum Gasteiger partial charge on any atom is 0.253 e. The highest BCUT2D eigenvalue weighted by Gasteiger charge is 2.24. The molecule has 0 unspecified atom stereocenters. The molecule has 0 amide bonds. The summed E-state index contributed by atoms with van der Waals surface area (Å²) in [5.74, 6) is 0.920. The van der Waals surface area contributed by atoms with Gasteiger partial charge < -0.3 is 9.47 Å². The van der Waals surface area contributed by atoms with Gasteiger partial charge in [0.25, 0.3) is 20.0 Å². The van der Waals surface area contributed by atoms with Crippen LogP contribution in [0, 0.1) is 0 Å².